The first-order valence-corrected chi connectivity index (χ1v) is 5.27. The summed E-state index contributed by atoms with van der Waals surface area (Å²) in [4.78, 5) is 8.57. The lowest BCUT2D eigenvalue weighted by atomic mass is 10.0. The fourth-order valence-corrected chi connectivity index (χ4v) is 1.66. The lowest BCUT2D eigenvalue weighted by Crippen LogP contribution is -2.14. The fourth-order valence-electron chi connectivity index (χ4n) is 1.66. The molecule has 2 aromatic rings. The van der Waals surface area contributed by atoms with Gasteiger partial charge in [-0.25, -0.2) is 0 Å². The minimum absolute atomic E-state index is 0.202. The van der Waals surface area contributed by atoms with Crippen molar-refractivity contribution in [3.63, 3.8) is 0 Å². The molecule has 0 bridgehead atoms. The second kappa shape index (κ2) is 4.41. The minimum atomic E-state index is -0.202. The van der Waals surface area contributed by atoms with E-state index in [0.29, 0.717) is 0 Å². The van der Waals surface area contributed by atoms with Crippen molar-refractivity contribution in [2.75, 3.05) is 0 Å². The smallest absolute Gasteiger partial charge is 0.0741 e. The van der Waals surface area contributed by atoms with Gasteiger partial charge in [0.2, 0.25) is 0 Å². The van der Waals surface area contributed by atoms with Gasteiger partial charge in [0, 0.05) is 18.1 Å². The summed E-state index contributed by atoms with van der Waals surface area (Å²) >= 11 is 0. The van der Waals surface area contributed by atoms with Gasteiger partial charge in [-0.2, -0.15) is 0 Å². The zero-order valence-corrected chi connectivity index (χ0v) is 9.51. The van der Waals surface area contributed by atoms with E-state index in [2.05, 4.69) is 9.97 Å². The molecule has 2 aromatic heterocycles. The highest BCUT2D eigenvalue weighted by Gasteiger charge is 2.10. The maximum atomic E-state index is 6.15. The molecule has 3 heteroatoms. The van der Waals surface area contributed by atoms with Crippen molar-refractivity contribution in [2.45, 2.75) is 19.9 Å². The average molecular weight is 213 g/mol. The molecule has 82 valence electrons. The Morgan fingerprint density at radius 2 is 2.00 bits per heavy atom. The molecule has 0 amide bonds. The molecule has 2 N–H and O–H groups in total. The maximum absolute atomic E-state index is 6.15. The molecule has 2 heterocycles. The van der Waals surface area contributed by atoms with E-state index in [0.717, 1.165) is 22.5 Å². The first kappa shape index (κ1) is 10.8. The van der Waals surface area contributed by atoms with Crippen molar-refractivity contribution in [3.8, 4) is 0 Å². The Morgan fingerprint density at radius 3 is 2.69 bits per heavy atom. The molecular formula is C13H15N3. The van der Waals surface area contributed by atoms with Crippen molar-refractivity contribution < 1.29 is 0 Å². The Bertz CT molecular complexity index is 449. The first-order chi connectivity index (χ1) is 7.66. The van der Waals surface area contributed by atoms with Crippen LogP contribution < -0.4 is 5.73 Å². The zero-order valence-electron chi connectivity index (χ0n) is 9.51. The minimum Gasteiger partial charge on any atom is -0.319 e. The van der Waals surface area contributed by atoms with Crippen molar-refractivity contribution in [1.82, 2.24) is 9.97 Å². The number of aryl methyl sites for hydroxylation is 2. The topological polar surface area (TPSA) is 51.8 Å². The van der Waals surface area contributed by atoms with Crippen LogP contribution in [0.5, 0.6) is 0 Å². The van der Waals surface area contributed by atoms with Gasteiger partial charge < -0.3 is 5.73 Å². The maximum Gasteiger partial charge on any atom is 0.0741 e. The number of nitrogens with zero attached hydrogens (tertiary/aromatic N) is 2. The molecule has 16 heavy (non-hydrogen) atoms. The molecule has 2 rings (SSSR count). The Labute approximate surface area is 95.4 Å². The van der Waals surface area contributed by atoms with Crippen molar-refractivity contribution >= 4 is 0 Å². The second-order valence-electron chi connectivity index (χ2n) is 3.98. The van der Waals surface area contributed by atoms with E-state index in [1.807, 2.05) is 44.3 Å². The quantitative estimate of drug-likeness (QED) is 0.831. The van der Waals surface area contributed by atoms with Crippen LogP contribution in [0.4, 0.5) is 0 Å². The van der Waals surface area contributed by atoms with E-state index in [1.165, 1.54) is 0 Å². The summed E-state index contributed by atoms with van der Waals surface area (Å²) in [6.45, 7) is 3.97. The third-order valence-electron chi connectivity index (χ3n) is 2.48. The number of aromatic nitrogens is 2. The highest BCUT2D eigenvalue weighted by molar-refractivity contribution is 5.28. The molecule has 0 aromatic carbocycles. The highest BCUT2D eigenvalue weighted by Crippen LogP contribution is 2.17. The van der Waals surface area contributed by atoms with Gasteiger partial charge in [-0.1, -0.05) is 12.1 Å². The number of hydrogen-bond donors (Lipinski definition) is 1. The first-order valence-electron chi connectivity index (χ1n) is 5.27. The van der Waals surface area contributed by atoms with E-state index < -0.39 is 0 Å². The monoisotopic (exact) mass is 213 g/mol. The molecule has 0 radical (unpaired) electrons. The van der Waals surface area contributed by atoms with Crippen LogP contribution in [0.1, 0.15) is 28.6 Å². The molecule has 0 saturated carbocycles. The Balaban J connectivity index is 2.35. The van der Waals surface area contributed by atoms with Gasteiger partial charge >= 0.3 is 0 Å². The summed E-state index contributed by atoms with van der Waals surface area (Å²) in [7, 11) is 0. The van der Waals surface area contributed by atoms with Crippen LogP contribution in [0.25, 0.3) is 0 Å². The SMILES string of the molecule is Cc1cncc(C(N)c2cccc(C)n2)c1. The summed E-state index contributed by atoms with van der Waals surface area (Å²) in [5.74, 6) is 0. The van der Waals surface area contributed by atoms with E-state index in [-0.39, 0.29) is 6.04 Å². The van der Waals surface area contributed by atoms with Crippen LogP contribution in [0.2, 0.25) is 0 Å². The van der Waals surface area contributed by atoms with E-state index in [4.69, 9.17) is 5.73 Å². The predicted octanol–water partition coefficient (Wildman–Crippen LogP) is 2.14. The van der Waals surface area contributed by atoms with Crippen LogP contribution in [0.3, 0.4) is 0 Å². The van der Waals surface area contributed by atoms with Gasteiger partial charge in [0.25, 0.3) is 0 Å². The molecule has 3 nitrogen and oxygen atoms in total. The largest absolute Gasteiger partial charge is 0.319 e. The Morgan fingerprint density at radius 1 is 1.19 bits per heavy atom. The predicted molar refractivity (Wildman–Crippen MR) is 64.0 cm³/mol. The highest BCUT2D eigenvalue weighted by atomic mass is 14.8. The Kier molecular flexibility index (Phi) is 2.97. The summed E-state index contributed by atoms with van der Waals surface area (Å²) < 4.78 is 0. The molecule has 0 spiro atoms. The third-order valence-corrected chi connectivity index (χ3v) is 2.48. The van der Waals surface area contributed by atoms with Gasteiger partial charge in [0.05, 0.1) is 11.7 Å². The molecular weight excluding hydrogens is 198 g/mol. The number of pyridine rings is 2. The Hall–Kier alpha value is -1.74. The molecule has 0 saturated heterocycles. The molecule has 0 fully saturated rings. The van der Waals surface area contributed by atoms with Crippen LogP contribution in [0.15, 0.2) is 36.7 Å². The second-order valence-corrected chi connectivity index (χ2v) is 3.98. The normalized spacial score (nSPS) is 12.4. The van der Waals surface area contributed by atoms with Gasteiger partial charge in [0.15, 0.2) is 0 Å². The van der Waals surface area contributed by atoms with Gasteiger partial charge in [-0.15, -0.1) is 0 Å². The van der Waals surface area contributed by atoms with Gasteiger partial charge in [0.1, 0.15) is 0 Å². The molecule has 0 aliphatic carbocycles. The van der Waals surface area contributed by atoms with Crippen LogP contribution in [0, 0.1) is 13.8 Å². The van der Waals surface area contributed by atoms with Crippen molar-refractivity contribution in [2.24, 2.45) is 5.73 Å². The number of nitrogens with two attached hydrogens (primary N) is 1. The summed E-state index contributed by atoms with van der Waals surface area (Å²) in [6, 6.07) is 7.72. The molecule has 1 unspecified atom stereocenters. The van der Waals surface area contributed by atoms with Crippen LogP contribution >= 0.6 is 0 Å². The zero-order chi connectivity index (χ0) is 11.5. The van der Waals surface area contributed by atoms with E-state index in [1.54, 1.807) is 6.20 Å². The van der Waals surface area contributed by atoms with Gasteiger partial charge in [-0.05, 0) is 37.1 Å². The lowest BCUT2D eigenvalue weighted by Gasteiger charge is -2.12. The van der Waals surface area contributed by atoms with Gasteiger partial charge in [-0.3, -0.25) is 9.97 Å². The van der Waals surface area contributed by atoms with Crippen molar-refractivity contribution in [3.05, 3.63) is 59.2 Å². The van der Waals surface area contributed by atoms with Crippen LogP contribution in [-0.2, 0) is 0 Å². The average Bonchev–Trinajstić information content (AvgIpc) is 2.28. The third kappa shape index (κ3) is 2.25. The summed E-state index contributed by atoms with van der Waals surface area (Å²) in [6.07, 6.45) is 3.61. The van der Waals surface area contributed by atoms with Crippen molar-refractivity contribution in [1.29, 1.82) is 0 Å². The molecule has 0 aliphatic heterocycles. The molecule has 1 atom stereocenters. The fraction of sp³-hybridized carbons (Fsp3) is 0.231. The lowest BCUT2D eigenvalue weighted by molar-refractivity contribution is 0.814. The number of hydrogen-bond acceptors (Lipinski definition) is 3. The van der Waals surface area contributed by atoms with Crippen LogP contribution in [-0.4, -0.2) is 9.97 Å². The summed E-state index contributed by atoms with van der Waals surface area (Å²) in [5.41, 5.74) is 10.1. The number of rotatable bonds is 2. The standard InChI is InChI=1S/C13H15N3/c1-9-6-11(8-15-7-9)13(14)12-5-3-4-10(2)16-12/h3-8,13H,14H2,1-2H3. The molecule has 0 aliphatic rings. The van der Waals surface area contributed by atoms with E-state index >= 15 is 0 Å². The summed E-state index contributed by atoms with van der Waals surface area (Å²) in [5, 5.41) is 0. The van der Waals surface area contributed by atoms with E-state index in [9.17, 15) is 0 Å².